The lowest BCUT2D eigenvalue weighted by Gasteiger charge is -2.20. The predicted molar refractivity (Wildman–Crippen MR) is 120 cm³/mol. The summed E-state index contributed by atoms with van der Waals surface area (Å²) in [6.07, 6.45) is -1.27. The number of aliphatic hydroxyl groups is 1. The smallest absolute Gasteiger partial charge is 0.302 e. The van der Waals surface area contributed by atoms with Crippen LogP contribution in [0, 0.1) is 0 Å². The van der Waals surface area contributed by atoms with Crippen molar-refractivity contribution in [2.24, 2.45) is 0 Å². The third-order valence-corrected chi connectivity index (χ3v) is 4.88. The fourth-order valence-corrected chi connectivity index (χ4v) is 3.30. The van der Waals surface area contributed by atoms with Crippen LogP contribution in [0.4, 0.5) is 0 Å². The molecule has 0 heterocycles. The Bertz CT molecular complexity index is 577. The molecule has 0 aliphatic rings. The van der Waals surface area contributed by atoms with Gasteiger partial charge in [0.2, 0.25) is 17.7 Å². The monoisotopic (exact) mass is 479 g/mol. The fourth-order valence-electron chi connectivity index (χ4n) is 2.42. The number of ether oxygens (including phenoxy) is 3. The van der Waals surface area contributed by atoms with Crippen LogP contribution in [0.5, 0.6) is 0 Å². The molecule has 0 aromatic rings. The Kier molecular flexibility index (Phi) is 17.6. The molecule has 11 nitrogen and oxygen atoms in total. The number of rotatable bonds is 18. The summed E-state index contributed by atoms with van der Waals surface area (Å²) in [7, 11) is 0. The molecule has 0 aromatic carbocycles. The van der Waals surface area contributed by atoms with E-state index in [4.69, 9.17) is 14.2 Å². The Morgan fingerprint density at radius 2 is 1.72 bits per heavy atom. The molecule has 0 fully saturated rings. The largest absolute Gasteiger partial charge is 0.463 e. The van der Waals surface area contributed by atoms with E-state index >= 15 is 0 Å². The van der Waals surface area contributed by atoms with Gasteiger partial charge in [0, 0.05) is 64.9 Å². The third-order valence-electron chi connectivity index (χ3n) is 3.91. The molecule has 2 unspecified atom stereocenters. The molecule has 0 spiro atoms. The van der Waals surface area contributed by atoms with Gasteiger partial charge in [0.15, 0.2) is 6.29 Å². The molecule has 0 aliphatic heterocycles. The lowest BCUT2D eigenvalue weighted by atomic mass is 10.4. The van der Waals surface area contributed by atoms with Crippen molar-refractivity contribution in [3.63, 3.8) is 0 Å². The van der Waals surface area contributed by atoms with E-state index in [1.165, 1.54) is 27.7 Å². The Balaban J connectivity index is 3.86. The molecule has 0 radical (unpaired) electrons. The molecule has 0 saturated heterocycles. The number of thioether (sulfide) groups is 1. The highest BCUT2D eigenvalue weighted by Crippen LogP contribution is 2.04. The number of carbonyl (C=O) groups is 4. The minimum atomic E-state index is -1.02. The first-order valence-electron chi connectivity index (χ1n) is 10.5. The highest BCUT2D eigenvalue weighted by molar-refractivity contribution is 7.99. The Hall–Kier alpha value is -1.89. The van der Waals surface area contributed by atoms with Gasteiger partial charge in [-0.3, -0.25) is 19.2 Å². The summed E-state index contributed by atoms with van der Waals surface area (Å²) < 4.78 is 15.5. The second-order valence-electron chi connectivity index (χ2n) is 6.94. The Labute approximate surface area is 193 Å². The first-order chi connectivity index (χ1) is 15.1. The van der Waals surface area contributed by atoms with Gasteiger partial charge in [0.05, 0.1) is 13.2 Å². The summed E-state index contributed by atoms with van der Waals surface area (Å²) in [5, 5.41) is 14.7. The van der Waals surface area contributed by atoms with Crippen LogP contribution >= 0.6 is 11.8 Å². The second-order valence-corrected chi connectivity index (χ2v) is 8.16. The maximum absolute atomic E-state index is 11.9. The summed E-state index contributed by atoms with van der Waals surface area (Å²) in [4.78, 5) is 46.9. The molecule has 0 rings (SSSR count). The van der Waals surface area contributed by atoms with E-state index in [0.29, 0.717) is 44.1 Å². The number of hydrogen-bond acceptors (Lipinski definition) is 9. The minimum Gasteiger partial charge on any atom is -0.463 e. The van der Waals surface area contributed by atoms with Crippen LogP contribution < -0.4 is 10.6 Å². The molecule has 0 aliphatic carbocycles. The number of esters is 1. The molecule has 186 valence electrons. The van der Waals surface area contributed by atoms with Crippen molar-refractivity contribution in [1.82, 2.24) is 15.5 Å². The van der Waals surface area contributed by atoms with Gasteiger partial charge in [-0.2, -0.15) is 11.8 Å². The van der Waals surface area contributed by atoms with E-state index in [-0.39, 0.29) is 37.5 Å². The highest BCUT2D eigenvalue weighted by Gasteiger charge is 2.14. The maximum Gasteiger partial charge on any atom is 0.302 e. The second kappa shape index (κ2) is 18.7. The van der Waals surface area contributed by atoms with Crippen LogP contribution in [-0.4, -0.2) is 104 Å². The maximum atomic E-state index is 11.9. The fraction of sp³-hybridized carbons (Fsp3) is 0.800. The molecule has 0 saturated carbocycles. The summed E-state index contributed by atoms with van der Waals surface area (Å²) in [5.41, 5.74) is 0. The van der Waals surface area contributed by atoms with Gasteiger partial charge in [-0.1, -0.05) is 0 Å². The van der Waals surface area contributed by atoms with Gasteiger partial charge in [0.1, 0.15) is 12.7 Å². The zero-order chi connectivity index (χ0) is 24.4. The van der Waals surface area contributed by atoms with Gasteiger partial charge in [-0.25, -0.2) is 0 Å². The lowest BCUT2D eigenvalue weighted by Crippen LogP contribution is -2.38. The van der Waals surface area contributed by atoms with E-state index in [9.17, 15) is 24.3 Å². The van der Waals surface area contributed by atoms with Crippen LogP contribution in [0.15, 0.2) is 0 Å². The van der Waals surface area contributed by atoms with Crippen molar-refractivity contribution in [3.05, 3.63) is 0 Å². The summed E-state index contributed by atoms with van der Waals surface area (Å²) >= 11 is 1.57. The minimum absolute atomic E-state index is 0.0297. The molecule has 32 heavy (non-hydrogen) atoms. The van der Waals surface area contributed by atoms with E-state index in [0.717, 1.165) is 0 Å². The highest BCUT2D eigenvalue weighted by atomic mass is 32.2. The number of aliphatic hydroxyl groups excluding tert-OH is 1. The molecule has 3 N–H and O–H groups in total. The summed E-state index contributed by atoms with van der Waals surface area (Å²) in [6.45, 7) is 7.72. The van der Waals surface area contributed by atoms with Crippen LogP contribution in [-0.2, 0) is 33.4 Å². The summed E-state index contributed by atoms with van der Waals surface area (Å²) in [6, 6.07) is 0. The Morgan fingerprint density at radius 3 is 2.31 bits per heavy atom. The quantitative estimate of drug-likeness (QED) is 0.135. The van der Waals surface area contributed by atoms with E-state index < -0.39 is 18.4 Å². The number of nitrogens with one attached hydrogen (secondary N) is 2. The number of hydrogen-bond donors (Lipinski definition) is 3. The van der Waals surface area contributed by atoms with Crippen molar-refractivity contribution in [2.75, 3.05) is 57.5 Å². The molecular formula is C20H37N3O8S. The SMILES string of the molecule is CC(=O)NCCN(CCSCCC(=O)NCCOCC(COC(C)=O)OC(C)O)C(C)=O. The average Bonchev–Trinajstić information content (AvgIpc) is 2.69. The normalized spacial score (nSPS) is 12.5. The van der Waals surface area contributed by atoms with Gasteiger partial charge < -0.3 is 34.9 Å². The molecule has 0 bridgehead atoms. The molecule has 0 aromatic heterocycles. The standard InChI is InChI=1S/C20H37N3O8S/c1-15(24)21-6-8-23(16(2)25)9-12-32-11-5-20(28)22-7-10-29-13-19(31-18(4)27)14-30-17(3)26/h18-19,27H,5-14H2,1-4H3,(H,21,24)(H,22,28). The van der Waals surface area contributed by atoms with Crippen LogP contribution in [0.2, 0.25) is 0 Å². The van der Waals surface area contributed by atoms with Gasteiger partial charge in [-0.15, -0.1) is 0 Å². The van der Waals surface area contributed by atoms with Gasteiger partial charge >= 0.3 is 5.97 Å². The zero-order valence-electron chi connectivity index (χ0n) is 19.4. The predicted octanol–water partition coefficient (Wildman–Crippen LogP) is -0.486. The van der Waals surface area contributed by atoms with Crippen molar-refractivity contribution in [1.29, 1.82) is 0 Å². The zero-order valence-corrected chi connectivity index (χ0v) is 20.2. The number of amides is 3. The molecule has 2 atom stereocenters. The van der Waals surface area contributed by atoms with Crippen molar-refractivity contribution < 1.29 is 38.5 Å². The Morgan fingerprint density at radius 1 is 1.00 bits per heavy atom. The van der Waals surface area contributed by atoms with Crippen LogP contribution in [0.3, 0.4) is 0 Å². The molecular weight excluding hydrogens is 442 g/mol. The van der Waals surface area contributed by atoms with E-state index in [1.807, 2.05) is 0 Å². The van der Waals surface area contributed by atoms with E-state index in [1.54, 1.807) is 16.7 Å². The number of nitrogens with zero attached hydrogens (tertiary/aromatic N) is 1. The first-order valence-corrected chi connectivity index (χ1v) is 11.7. The van der Waals surface area contributed by atoms with Crippen LogP contribution in [0.1, 0.15) is 34.1 Å². The lowest BCUT2D eigenvalue weighted by molar-refractivity contribution is -0.169. The van der Waals surface area contributed by atoms with Gasteiger partial charge in [0.25, 0.3) is 0 Å². The van der Waals surface area contributed by atoms with Gasteiger partial charge in [-0.05, 0) is 6.92 Å². The number of carbonyl (C=O) groups excluding carboxylic acids is 4. The molecule has 12 heteroatoms. The van der Waals surface area contributed by atoms with Crippen LogP contribution in [0.25, 0.3) is 0 Å². The molecule has 3 amide bonds. The topological polar surface area (TPSA) is 144 Å². The van der Waals surface area contributed by atoms with Crippen molar-refractivity contribution in [2.45, 2.75) is 46.5 Å². The summed E-state index contributed by atoms with van der Waals surface area (Å²) in [5.74, 6) is 0.580. The average molecular weight is 480 g/mol. The first kappa shape index (κ1) is 30.1. The van der Waals surface area contributed by atoms with E-state index in [2.05, 4.69) is 10.6 Å². The third kappa shape index (κ3) is 18.8. The van der Waals surface area contributed by atoms with Crippen molar-refractivity contribution >= 4 is 35.5 Å². The van der Waals surface area contributed by atoms with Crippen molar-refractivity contribution in [3.8, 4) is 0 Å².